The van der Waals surface area contributed by atoms with Crippen LogP contribution in [0.15, 0.2) is 23.8 Å². The van der Waals surface area contributed by atoms with E-state index in [2.05, 4.69) is 0 Å². The van der Waals surface area contributed by atoms with E-state index in [4.69, 9.17) is 35.3 Å². The van der Waals surface area contributed by atoms with Crippen LogP contribution in [0.2, 0.25) is 5.02 Å². The highest BCUT2D eigenvalue weighted by Gasteiger charge is 2.44. The van der Waals surface area contributed by atoms with Gasteiger partial charge in [-0.05, 0) is 44.4 Å². The summed E-state index contributed by atoms with van der Waals surface area (Å²) in [7, 11) is 5.12. The number of carbonyl (C=O) groups excluding carboxylic acids is 3. The van der Waals surface area contributed by atoms with Crippen molar-refractivity contribution in [1.82, 2.24) is 0 Å². The molecule has 0 aliphatic carbocycles. The first-order valence-corrected chi connectivity index (χ1v) is 12.7. The number of ether oxygens (including phenoxy) is 5. The molecule has 0 radical (unpaired) electrons. The van der Waals surface area contributed by atoms with Crippen LogP contribution in [0.3, 0.4) is 0 Å². The second-order valence-electron chi connectivity index (χ2n) is 9.12. The van der Waals surface area contributed by atoms with Crippen LogP contribution in [-0.4, -0.2) is 52.4 Å². The minimum atomic E-state index is -5.18. The van der Waals surface area contributed by atoms with Gasteiger partial charge >= 0.3 is 24.0 Å². The molecule has 3 rings (SSSR count). The van der Waals surface area contributed by atoms with Crippen LogP contribution in [0.5, 0.6) is 23.0 Å². The zero-order valence-corrected chi connectivity index (χ0v) is 24.0. The van der Waals surface area contributed by atoms with E-state index in [9.17, 15) is 27.6 Å². The topological polar surface area (TPSA) is 101 Å². The number of carbonyl (C=O) groups is 3. The molecule has 0 aromatic heterocycles. The Bertz CT molecular complexity index is 1400. The number of rotatable bonds is 10. The summed E-state index contributed by atoms with van der Waals surface area (Å²) >= 11 is 6.26. The lowest BCUT2D eigenvalue weighted by Gasteiger charge is -2.26. The summed E-state index contributed by atoms with van der Waals surface area (Å²) in [6, 6.07) is 3.01. The van der Waals surface area contributed by atoms with Crippen LogP contribution in [0.1, 0.15) is 46.8 Å². The normalized spacial score (nSPS) is 12.9. The number of esters is 2. The van der Waals surface area contributed by atoms with Crippen LogP contribution in [0, 0.1) is 6.92 Å². The third kappa shape index (κ3) is 6.53. The van der Waals surface area contributed by atoms with Crippen molar-refractivity contribution < 1.29 is 51.2 Å². The maximum atomic E-state index is 13.4. The van der Waals surface area contributed by atoms with Crippen LogP contribution in [0.4, 0.5) is 18.9 Å². The molecule has 41 heavy (non-hydrogen) atoms. The van der Waals surface area contributed by atoms with Crippen molar-refractivity contribution >= 4 is 35.1 Å². The third-order valence-electron chi connectivity index (χ3n) is 6.58. The van der Waals surface area contributed by atoms with Crippen molar-refractivity contribution in [2.75, 3.05) is 33.3 Å². The van der Waals surface area contributed by atoms with Crippen molar-refractivity contribution in [2.45, 2.75) is 45.9 Å². The fourth-order valence-electron chi connectivity index (χ4n) is 4.49. The molecular formula is C28H29ClF3NO8. The number of hydrogen-bond acceptors (Lipinski definition) is 8. The maximum Gasteiger partial charge on any atom is 0.471 e. The van der Waals surface area contributed by atoms with Gasteiger partial charge in [-0.3, -0.25) is 9.59 Å². The first kappa shape index (κ1) is 31.6. The number of halogens is 4. The average Bonchev–Trinajstić information content (AvgIpc) is 3.31. The summed E-state index contributed by atoms with van der Waals surface area (Å²) in [6.45, 7) is 3.23. The number of anilines is 1. The first-order valence-electron chi connectivity index (χ1n) is 12.3. The average molecular weight is 600 g/mol. The molecule has 0 saturated carbocycles. The quantitative estimate of drug-likeness (QED) is 0.193. The van der Waals surface area contributed by atoms with Crippen LogP contribution in [-0.2, 0) is 27.4 Å². The molecule has 0 unspecified atom stereocenters. The van der Waals surface area contributed by atoms with Crippen molar-refractivity contribution in [2.24, 2.45) is 0 Å². The summed E-state index contributed by atoms with van der Waals surface area (Å²) in [5.41, 5.74) is 1.41. The highest BCUT2D eigenvalue weighted by molar-refractivity contribution is 6.34. The Hall–Kier alpha value is -3.93. The number of allylic oxidation sites excluding steroid dienone is 2. The molecule has 2 aromatic rings. The van der Waals surface area contributed by atoms with Gasteiger partial charge in [-0.1, -0.05) is 23.3 Å². The van der Waals surface area contributed by atoms with Gasteiger partial charge in [-0.15, -0.1) is 0 Å². The molecule has 0 bridgehead atoms. The van der Waals surface area contributed by atoms with E-state index in [1.54, 1.807) is 26.0 Å². The number of fused-ring (bicyclic) bond motifs is 1. The van der Waals surface area contributed by atoms with E-state index in [0.717, 1.165) is 7.05 Å². The minimum absolute atomic E-state index is 0.00221. The highest BCUT2D eigenvalue weighted by atomic mass is 35.5. The molecule has 0 atom stereocenters. The Balaban J connectivity index is 1.87. The zero-order chi connectivity index (χ0) is 30.6. The van der Waals surface area contributed by atoms with Gasteiger partial charge < -0.3 is 28.6 Å². The molecule has 0 spiro atoms. The Morgan fingerprint density at radius 1 is 1.07 bits per heavy atom. The Morgan fingerprint density at radius 2 is 1.71 bits per heavy atom. The number of amides is 1. The molecule has 0 fully saturated rings. The van der Waals surface area contributed by atoms with E-state index < -0.39 is 24.0 Å². The van der Waals surface area contributed by atoms with Gasteiger partial charge in [-0.2, -0.15) is 13.2 Å². The summed E-state index contributed by atoms with van der Waals surface area (Å²) in [5.74, 6) is -2.68. The van der Waals surface area contributed by atoms with Gasteiger partial charge in [0.05, 0.1) is 32.6 Å². The number of benzene rings is 2. The number of nitrogens with zero attached hydrogens (tertiary/aromatic N) is 1. The summed E-state index contributed by atoms with van der Waals surface area (Å²) in [4.78, 5) is 37.7. The first-order chi connectivity index (χ1) is 19.3. The number of alkyl halides is 3. The van der Waals surface area contributed by atoms with E-state index in [0.29, 0.717) is 27.3 Å². The lowest BCUT2D eigenvalue weighted by atomic mass is 9.92. The molecule has 13 heteroatoms. The molecule has 1 amide bonds. The molecule has 9 nitrogen and oxygen atoms in total. The predicted octanol–water partition coefficient (Wildman–Crippen LogP) is 5.74. The Labute approximate surface area is 239 Å². The van der Waals surface area contributed by atoms with E-state index in [1.807, 2.05) is 0 Å². The van der Waals surface area contributed by atoms with Crippen LogP contribution < -0.4 is 23.8 Å². The molecule has 222 valence electrons. The third-order valence-corrected chi connectivity index (χ3v) is 6.94. The van der Waals surface area contributed by atoms with Gasteiger partial charge in [-0.25, -0.2) is 4.79 Å². The van der Waals surface area contributed by atoms with Gasteiger partial charge in [0, 0.05) is 24.6 Å². The summed E-state index contributed by atoms with van der Waals surface area (Å²) in [6.07, 6.45) is -3.31. The summed E-state index contributed by atoms with van der Waals surface area (Å²) in [5, 5.41) is 0.0649. The largest absolute Gasteiger partial charge is 0.496 e. The molecular weight excluding hydrogens is 571 g/mol. The Kier molecular flexibility index (Phi) is 9.80. The number of hydrogen-bond donors (Lipinski definition) is 0. The molecule has 0 saturated heterocycles. The molecule has 1 aliphatic rings. The lowest BCUT2D eigenvalue weighted by molar-refractivity contribution is -0.170. The van der Waals surface area contributed by atoms with E-state index in [-0.39, 0.29) is 65.0 Å². The Morgan fingerprint density at radius 3 is 2.29 bits per heavy atom. The highest BCUT2D eigenvalue weighted by Crippen LogP contribution is 2.44. The van der Waals surface area contributed by atoms with Gasteiger partial charge in [0.15, 0.2) is 17.2 Å². The molecule has 2 aromatic carbocycles. The van der Waals surface area contributed by atoms with E-state index >= 15 is 0 Å². The van der Waals surface area contributed by atoms with Crippen molar-refractivity contribution in [1.29, 1.82) is 0 Å². The zero-order valence-electron chi connectivity index (χ0n) is 23.3. The SMILES string of the molecule is COc1ccc(OC(=O)CC/C(C)=C/Cc2c(OC)c(C)c3c(c2N(C)C(=O)C(F)(F)F)C(=O)OC3)c(Cl)c1OC. The monoisotopic (exact) mass is 599 g/mol. The van der Waals surface area contributed by atoms with Gasteiger partial charge in [0.1, 0.15) is 17.4 Å². The van der Waals surface area contributed by atoms with E-state index in [1.165, 1.54) is 27.4 Å². The standard InChI is InChI=1S/C28H29ClF3NO8/c1-14(8-12-20(34)41-18-10-11-19(37-4)25(39-6)22(18)29)7-9-16-23(33(3)27(36)28(30,31)32)21-17(13-40-26(21)35)15(2)24(16)38-5/h7,10-11H,8-9,12-13H2,1-6H3/b14-7+. The fraction of sp³-hybridized carbons (Fsp3) is 0.393. The molecule has 1 heterocycles. The maximum absolute atomic E-state index is 13.4. The number of cyclic esters (lactones) is 1. The second kappa shape index (κ2) is 12.7. The van der Waals surface area contributed by atoms with Crippen molar-refractivity contribution in [3.63, 3.8) is 0 Å². The number of methoxy groups -OCH3 is 3. The molecule has 1 aliphatic heterocycles. The summed E-state index contributed by atoms with van der Waals surface area (Å²) < 4.78 is 66.4. The van der Waals surface area contributed by atoms with Crippen molar-refractivity contribution in [3.8, 4) is 23.0 Å². The van der Waals surface area contributed by atoms with Crippen LogP contribution >= 0.6 is 11.6 Å². The van der Waals surface area contributed by atoms with Crippen LogP contribution in [0.25, 0.3) is 0 Å². The molecule has 0 N–H and O–H groups in total. The van der Waals surface area contributed by atoms with Gasteiger partial charge in [0.2, 0.25) is 0 Å². The smallest absolute Gasteiger partial charge is 0.471 e. The fourth-order valence-corrected chi connectivity index (χ4v) is 4.76. The minimum Gasteiger partial charge on any atom is -0.496 e. The predicted molar refractivity (Wildman–Crippen MR) is 143 cm³/mol. The van der Waals surface area contributed by atoms with Gasteiger partial charge in [0.25, 0.3) is 0 Å². The second-order valence-corrected chi connectivity index (χ2v) is 9.50. The van der Waals surface area contributed by atoms with Crippen molar-refractivity contribution in [3.05, 3.63) is 51.1 Å². The lowest BCUT2D eigenvalue weighted by Crippen LogP contribution is -2.39.